The van der Waals surface area contributed by atoms with Gasteiger partial charge in [-0.25, -0.2) is 4.39 Å². The number of halogens is 1. The molecule has 0 heterocycles. The molecule has 0 aromatic heterocycles. The van der Waals surface area contributed by atoms with Crippen LogP contribution < -0.4 is 21.7 Å². The quantitative estimate of drug-likeness (QED) is 0.147. The number of primary amides is 1. The molecule has 12 heteroatoms. The van der Waals surface area contributed by atoms with Crippen molar-refractivity contribution in [3.8, 4) is 0 Å². The summed E-state index contributed by atoms with van der Waals surface area (Å²) >= 11 is 0. The highest BCUT2D eigenvalue weighted by Crippen LogP contribution is 2.46. The Morgan fingerprint density at radius 1 is 0.935 bits per heavy atom. The molecule has 0 aliphatic carbocycles. The second-order valence-electron chi connectivity index (χ2n) is 11.0. The van der Waals surface area contributed by atoms with Crippen molar-refractivity contribution in [3.63, 3.8) is 0 Å². The van der Waals surface area contributed by atoms with E-state index in [0.717, 1.165) is 17.7 Å². The number of hydrogen-bond acceptors (Lipinski definition) is 5. The van der Waals surface area contributed by atoms with Crippen molar-refractivity contribution < 1.29 is 33.0 Å². The predicted molar refractivity (Wildman–Crippen MR) is 175 cm³/mol. The topological polar surface area (TPSA) is 168 Å². The molecule has 0 saturated carbocycles. The Balaban J connectivity index is 1.74. The second kappa shape index (κ2) is 17.2. The summed E-state index contributed by atoms with van der Waals surface area (Å²) in [6.45, 7) is 3.52. The van der Waals surface area contributed by atoms with Crippen LogP contribution in [0.5, 0.6) is 0 Å². The first-order valence-corrected chi connectivity index (χ1v) is 16.8. The molecular formula is C34H40FN4O6P. The first-order chi connectivity index (χ1) is 21.9. The maximum Gasteiger partial charge on any atom is 0.252 e. The van der Waals surface area contributed by atoms with E-state index in [2.05, 4.69) is 16.0 Å². The third-order valence-electron chi connectivity index (χ3n) is 7.47. The lowest BCUT2D eigenvalue weighted by molar-refractivity contribution is -0.131. The number of nitrogens with two attached hydrogens (primary N) is 1. The fourth-order valence-corrected chi connectivity index (χ4v) is 6.18. The summed E-state index contributed by atoms with van der Waals surface area (Å²) < 4.78 is 27.4. The van der Waals surface area contributed by atoms with E-state index in [-0.39, 0.29) is 18.4 Å². The van der Waals surface area contributed by atoms with Crippen LogP contribution >= 0.6 is 7.37 Å². The first kappa shape index (κ1) is 35.9. The van der Waals surface area contributed by atoms with Crippen molar-refractivity contribution in [2.75, 3.05) is 6.16 Å². The zero-order chi connectivity index (χ0) is 33.7. The van der Waals surface area contributed by atoms with E-state index < -0.39 is 66.8 Å². The van der Waals surface area contributed by atoms with Gasteiger partial charge >= 0.3 is 0 Å². The molecule has 4 amide bonds. The van der Waals surface area contributed by atoms with Crippen LogP contribution in [-0.4, -0.2) is 52.6 Å². The SMILES string of the molecule is CC[C@H](C)[C@H](NC(=O)CP(=O)(O)C(Cc1ccccc1)NC(=O)c1cccc(F)c1)C(=O)N[C@@H](C/C=C/c1ccccc1)C(N)=O. The van der Waals surface area contributed by atoms with E-state index in [1.807, 2.05) is 30.3 Å². The first-order valence-electron chi connectivity index (χ1n) is 14.9. The van der Waals surface area contributed by atoms with Crippen molar-refractivity contribution in [2.24, 2.45) is 11.7 Å². The molecule has 0 radical (unpaired) electrons. The lowest BCUT2D eigenvalue weighted by atomic mass is 9.97. The van der Waals surface area contributed by atoms with Gasteiger partial charge in [-0.05, 0) is 41.7 Å². The van der Waals surface area contributed by atoms with Crippen LogP contribution in [0.25, 0.3) is 6.08 Å². The van der Waals surface area contributed by atoms with Crippen LogP contribution in [0.1, 0.15) is 48.2 Å². The van der Waals surface area contributed by atoms with Gasteiger partial charge < -0.3 is 26.6 Å². The number of hydrogen-bond donors (Lipinski definition) is 5. The van der Waals surface area contributed by atoms with Crippen LogP contribution in [0.2, 0.25) is 0 Å². The third-order valence-corrected chi connectivity index (χ3v) is 9.49. The fraction of sp³-hybridized carbons (Fsp3) is 0.294. The second-order valence-corrected chi connectivity index (χ2v) is 13.5. The summed E-state index contributed by atoms with van der Waals surface area (Å²) in [4.78, 5) is 62.8. The van der Waals surface area contributed by atoms with Gasteiger partial charge in [0.15, 0.2) is 0 Å². The highest BCUT2D eigenvalue weighted by molar-refractivity contribution is 7.59. The summed E-state index contributed by atoms with van der Waals surface area (Å²) in [5.74, 6) is -5.59. The van der Waals surface area contributed by atoms with Crippen LogP contribution in [0.15, 0.2) is 91.0 Å². The minimum Gasteiger partial charge on any atom is -0.368 e. The van der Waals surface area contributed by atoms with Crippen LogP contribution in [0.3, 0.4) is 0 Å². The fourth-order valence-electron chi connectivity index (χ4n) is 4.65. The summed E-state index contributed by atoms with van der Waals surface area (Å²) in [5.41, 5.74) is 7.01. The molecule has 0 fully saturated rings. The number of rotatable bonds is 16. The average Bonchev–Trinajstić information content (AvgIpc) is 3.03. The van der Waals surface area contributed by atoms with Crippen molar-refractivity contribution in [1.29, 1.82) is 0 Å². The molecule has 10 nitrogen and oxygen atoms in total. The molecule has 46 heavy (non-hydrogen) atoms. The summed E-state index contributed by atoms with van der Waals surface area (Å²) in [6.07, 6.45) is 3.06. The standard InChI is InChI=1S/C34H40FN4O6P/c1-3-23(2)31(34(43)37-28(32(36)41)19-10-16-24-12-6-4-7-13-24)38-29(40)22-46(44,45)30(20-25-14-8-5-9-15-25)39-33(42)26-17-11-18-27(35)21-26/h4-18,21,23,28,30-31H,3,19-20,22H2,1-2H3,(H2,36,41)(H,37,43)(H,38,40)(H,39,42)(H,44,45)/b16-10+/t23-,28-,30?,31-/m0/s1. The van der Waals surface area contributed by atoms with Crippen LogP contribution in [-0.2, 0) is 25.4 Å². The number of amides is 4. The van der Waals surface area contributed by atoms with Gasteiger partial charge in [0.05, 0.1) is 0 Å². The largest absolute Gasteiger partial charge is 0.368 e. The van der Waals surface area contributed by atoms with Crippen molar-refractivity contribution in [2.45, 2.75) is 51.0 Å². The van der Waals surface area contributed by atoms with Crippen LogP contribution in [0, 0.1) is 11.7 Å². The van der Waals surface area contributed by atoms with E-state index >= 15 is 0 Å². The van der Waals surface area contributed by atoms with E-state index in [1.165, 1.54) is 12.1 Å². The molecule has 0 bridgehead atoms. The van der Waals surface area contributed by atoms with Gasteiger partial charge in [0.25, 0.3) is 5.91 Å². The Morgan fingerprint density at radius 2 is 1.59 bits per heavy atom. The lowest BCUT2D eigenvalue weighted by Crippen LogP contribution is -2.55. The average molecular weight is 651 g/mol. The zero-order valence-corrected chi connectivity index (χ0v) is 26.7. The molecule has 0 saturated heterocycles. The predicted octanol–water partition coefficient (Wildman–Crippen LogP) is 4.00. The highest BCUT2D eigenvalue weighted by Gasteiger charge is 2.37. The zero-order valence-electron chi connectivity index (χ0n) is 25.8. The smallest absolute Gasteiger partial charge is 0.252 e. The van der Waals surface area contributed by atoms with Gasteiger partial charge in [0.1, 0.15) is 29.8 Å². The van der Waals surface area contributed by atoms with Crippen LogP contribution in [0.4, 0.5) is 4.39 Å². The maximum atomic E-state index is 13.8. The summed E-state index contributed by atoms with van der Waals surface area (Å²) in [5, 5.41) is 7.64. The normalized spacial score (nSPS) is 15.1. The lowest BCUT2D eigenvalue weighted by Gasteiger charge is -2.27. The van der Waals surface area contributed by atoms with Gasteiger partial charge in [-0.1, -0.05) is 99.2 Å². The molecule has 5 atom stereocenters. The molecule has 0 aliphatic rings. The van der Waals surface area contributed by atoms with Crippen molar-refractivity contribution in [1.82, 2.24) is 16.0 Å². The third kappa shape index (κ3) is 11.1. The van der Waals surface area contributed by atoms with Gasteiger partial charge in [-0.2, -0.15) is 0 Å². The maximum absolute atomic E-state index is 13.8. The van der Waals surface area contributed by atoms with E-state index in [0.29, 0.717) is 12.0 Å². The minimum atomic E-state index is -4.48. The number of carbonyl (C=O) groups excluding carboxylic acids is 4. The van der Waals surface area contributed by atoms with Gasteiger partial charge in [-0.15, -0.1) is 0 Å². The molecule has 2 unspecified atom stereocenters. The Morgan fingerprint density at radius 3 is 2.20 bits per heavy atom. The summed E-state index contributed by atoms with van der Waals surface area (Å²) in [6, 6.07) is 20.6. The molecule has 3 aromatic carbocycles. The van der Waals surface area contributed by atoms with Gasteiger partial charge in [0, 0.05) is 12.0 Å². The Hall–Kier alpha value is -4.60. The molecular weight excluding hydrogens is 610 g/mol. The summed E-state index contributed by atoms with van der Waals surface area (Å²) in [7, 11) is -4.48. The number of nitrogens with one attached hydrogen (secondary N) is 3. The van der Waals surface area contributed by atoms with Gasteiger partial charge in [-0.3, -0.25) is 23.7 Å². The molecule has 0 spiro atoms. The Bertz CT molecular complexity index is 1570. The number of carbonyl (C=O) groups is 4. The van der Waals surface area contributed by atoms with Crippen molar-refractivity contribution in [3.05, 3.63) is 114 Å². The highest BCUT2D eigenvalue weighted by atomic mass is 31.2. The molecule has 3 aromatic rings. The Kier molecular flexibility index (Phi) is 13.4. The molecule has 0 aliphatic heterocycles. The van der Waals surface area contributed by atoms with E-state index in [4.69, 9.17) is 5.73 Å². The molecule has 3 rings (SSSR count). The molecule has 244 valence electrons. The van der Waals surface area contributed by atoms with E-state index in [9.17, 15) is 33.0 Å². The monoisotopic (exact) mass is 650 g/mol. The van der Waals surface area contributed by atoms with Crippen molar-refractivity contribution >= 4 is 37.1 Å². The molecule has 6 N–H and O–H groups in total. The Labute approximate surface area is 268 Å². The minimum absolute atomic E-state index is 0.0568. The van der Waals surface area contributed by atoms with Gasteiger partial charge in [0.2, 0.25) is 25.1 Å². The number of benzene rings is 3. The van der Waals surface area contributed by atoms with E-state index in [1.54, 1.807) is 56.3 Å².